The summed E-state index contributed by atoms with van der Waals surface area (Å²) in [5, 5.41) is 10.0. The number of fused-ring (bicyclic) bond motifs is 1. The van der Waals surface area contributed by atoms with E-state index in [9.17, 15) is 14.7 Å². The lowest BCUT2D eigenvalue weighted by molar-refractivity contribution is -0.123. The van der Waals surface area contributed by atoms with Gasteiger partial charge in [-0.2, -0.15) is 0 Å². The zero-order valence-corrected chi connectivity index (χ0v) is 22.2. The molecule has 1 aliphatic rings. The third-order valence-corrected chi connectivity index (χ3v) is 8.39. The molecule has 192 valence electrons. The van der Waals surface area contributed by atoms with Crippen LogP contribution in [0, 0.1) is 11.8 Å². The molecule has 1 aromatic carbocycles. The molecule has 1 saturated carbocycles. The van der Waals surface area contributed by atoms with Crippen LogP contribution in [0.15, 0.2) is 54.9 Å². The molecule has 3 N–H and O–H groups in total. The summed E-state index contributed by atoms with van der Waals surface area (Å²) < 4.78 is 1.90. The van der Waals surface area contributed by atoms with Gasteiger partial charge in [-0.25, -0.2) is 9.78 Å². The van der Waals surface area contributed by atoms with E-state index in [4.69, 9.17) is 5.73 Å². The Morgan fingerprint density at radius 1 is 1.05 bits per heavy atom. The number of imidazole rings is 1. The molecule has 37 heavy (non-hydrogen) atoms. The molecule has 1 fully saturated rings. The van der Waals surface area contributed by atoms with Crippen molar-refractivity contribution in [1.29, 1.82) is 0 Å². The van der Waals surface area contributed by atoms with Crippen molar-refractivity contribution in [2.75, 3.05) is 10.6 Å². The second-order valence-corrected chi connectivity index (χ2v) is 11.4. The number of carbonyl (C=O) groups excluding carboxylic acids is 1. The zero-order chi connectivity index (χ0) is 26.3. The van der Waals surface area contributed by atoms with Gasteiger partial charge in [0, 0.05) is 40.5 Å². The predicted octanol–water partition coefficient (Wildman–Crippen LogP) is 6.58. The number of nitrogens with zero attached hydrogens (tertiary/aromatic N) is 3. The number of aromatic carboxylic acids is 1. The lowest BCUT2D eigenvalue weighted by Gasteiger charge is -2.33. The number of nitrogens with two attached hydrogens (primary N) is 1. The van der Waals surface area contributed by atoms with E-state index in [0.717, 1.165) is 53.0 Å². The molecule has 0 atom stereocenters. The Balaban J connectivity index is 1.46. The van der Waals surface area contributed by atoms with E-state index in [1.165, 1.54) is 11.3 Å². The summed E-state index contributed by atoms with van der Waals surface area (Å²) in [5.74, 6) is -0.386. The minimum atomic E-state index is -1.01. The molecule has 0 aliphatic heterocycles. The fraction of sp³-hybridized carbons (Fsp3) is 0.345. The molecule has 1 aliphatic carbocycles. The van der Waals surface area contributed by atoms with Gasteiger partial charge in [0.05, 0.1) is 11.4 Å². The molecular weight excluding hydrogens is 484 g/mol. The van der Waals surface area contributed by atoms with Gasteiger partial charge in [-0.05, 0) is 69.2 Å². The first-order valence-electron chi connectivity index (χ1n) is 12.8. The molecule has 3 aromatic heterocycles. The van der Waals surface area contributed by atoms with E-state index >= 15 is 0 Å². The number of anilines is 2. The fourth-order valence-electron chi connectivity index (χ4n) is 5.16. The summed E-state index contributed by atoms with van der Waals surface area (Å²) in [6, 6.07) is 13.3. The number of thiophene rings is 1. The van der Waals surface area contributed by atoms with E-state index in [0.29, 0.717) is 17.3 Å². The Morgan fingerprint density at radius 2 is 1.73 bits per heavy atom. The average molecular weight is 517 g/mol. The number of hydrogen-bond acceptors (Lipinski definition) is 5. The highest BCUT2D eigenvalue weighted by Crippen LogP contribution is 2.40. The predicted molar refractivity (Wildman–Crippen MR) is 149 cm³/mol. The van der Waals surface area contributed by atoms with Gasteiger partial charge in [0.1, 0.15) is 10.5 Å². The van der Waals surface area contributed by atoms with Crippen molar-refractivity contribution >= 4 is 40.2 Å². The number of nitrogen functional groups attached to an aromatic ring is 1. The van der Waals surface area contributed by atoms with Crippen LogP contribution < -0.4 is 10.6 Å². The molecule has 0 saturated heterocycles. The second kappa shape index (κ2) is 10.0. The van der Waals surface area contributed by atoms with Gasteiger partial charge in [-0.1, -0.05) is 31.2 Å². The number of aromatic nitrogens is 2. The van der Waals surface area contributed by atoms with Crippen LogP contribution in [0.1, 0.15) is 56.1 Å². The number of amides is 1. The van der Waals surface area contributed by atoms with Crippen LogP contribution in [-0.2, 0) is 4.79 Å². The van der Waals surface area contributed by atoms with Crippen LogP contribution in [0.4, 0.5) is 11.4 Å². The smallest absolute Gasteiger partial charge is 0.348 e. The molecule has 0 bridgehead atoms. The van der Waals surface area contributed by atoms with Crippen molar-refractivity contribution in [3.63, 3.8) is 0 Å². The van der Waals surface area contributed by atoms with Gasteiger partial charge in [0.15, 0.2) is 0 Å². The Kier molecular flexibility index (Phi) is 6.77. The van der Waals surface area contributed by atoms with Gasteiger partial charge >= 0.3 is 5.97 Å². The SMILES string of the molecule is CC1CCC(C(=O)N(c2cc(-c3ccc(-c4cn5cc(N)ccc5n4)cc3)sc2C(=O)O)C(C)C)CC1. The number of carboxylic acid groups (broad SMARTS) is 1. The van der Waals surface area contributed by atoms with E-state index in [1.54, 1.807) is 4.90 Å². The maximum Gasteiger partial charge on any atom is 0.348 e. The van der Waals surface area contributed by atoms with Crippen LogP contribution in [0.2, 0.25) is 0 Å². The van der Waals surface area contributed by atoms with Crippen LogP contribution in [0.5, 0.6) is 0 Å². The third-order valence-electron chi connectivity index (χ3n) is 7.22. The van der Waals surface area contributed by atoms with Crippen molar-refractivity contribution in [3.05, 3.63) is 59.7 Å². The average Bonchev–Trinajstić information content (AvgIpc) is 3.49. The molecule has 5 rings (SSSR count). The summed E-state index contributed by atoms with van der Waals surface area (Å²) in [6.07, 6.45) is 7.56. The van der Waals surface area contributed by atoms with E-state index < -0.39 is 5.97 Å². The first-order valence-corrected chi connectivity index (χ1v) is 13.6. The molecule has 0 spiro atoms. The van der Waals surface area contributed by atoms with Crippen molar-refractivity contribution in [2.45, 2.75) is 52.5 Å². The minimum Gasteiger partial charge on any atom is -0.477 e. The first kappa shape index (κ1) is 25.0. The lowest BCUT2D eigenvalue weighted by Crippen LogP contribution is -2.42. The normalized spacial score (nSPS) is 17.8. The van der Waals surface area contributed by atoms with Crippen LogP contribution in [0.3, 0.4) is 0 Å². The largest absolute Gasteiger partial charge is 0.477 e. The highest BCUT2D eigenvalue weighted by Gasteiger charge is 2.33. The molecule has 7 nitrogen and oxygen atoms in total. The Bertz CT molecular complexity index is 1450. The molecule has 1 amide bonds. The van der Waals surface area contributed by atoms with Crippen molar-refractivity contribution in [2.24, 2.45) is 11.8 Å². The fourth-order valence-corrected chi connectivity index (χ4v) is 6.16. The van der Waals surface area contributed by atoms with Crippen LogP contribution >= 0.6 is 11.3 Å². The van der Waals surface area contributed by atoms with Gasteiger partial charge < -0.3 is 20.1 Å². The van der Waals surface area contributed by atoms with Crippen LogP contribution in [-0.4, -0.2) is 32.4 Å². The number of carbonyl (C=O) groups is 2. The maximum absolute atomic E-state index is 13.6. The standard InChI is InChI=1S/C29H32N4O3S/c1-17(2)33(28(34)21-6-4-18(3)5-7-21)24-14-25(37-27(24)29(35)36)20-10-8-19(9-11-20)23-16-32-15-22(30)12-13-26(32)31-23/h8-18,21H,4-7,30H2,1-3H3,(H,35,36). The Hall–Kier alpha value is -3.65. The molecule has 0 radical (unpaired) electrons. The quantitative estimate of drug-likeness (QED) is 0.301. The zero-order valence-electron chi connectivity index (χ0n) is 21.3. The lowest BCUT2D eigenvalue weighted by atomic mass is 9.82. The van der Waals surface area contributed by atoms with Crippen LogP contribution in [0.25, 0.3) is 27.3 Å². The van der Waals surface area contributed by atoms with E-state index in [-0.39, 0.29) is 22.7 Å². The van der Waals surface area contributed by atoms with Gasteiger partial charge in [-0.15, -0.1) is 11.3 Å². The second-order valence-electron chi connectivity index (χ2n) is 10.3. The first-order chi connectivity index (χ1) is 17.7. The van der Waals surface area contributed by atoms with E-state index in [2.05, 4.69) is 11.9 Å². The summed E-state index contributed by atoms with van der Waals surface area (Å²) in [4.78, 5) is 33.2. The number of hydrogen-bond donors (Lipinski definition) is 2. The molecular formula is C29H32N4O3S. The Labute approximate surface area is 220 Å². The molecule has 4 aromatic rings. The number of benzene rings is 1. The van der Waals surface area contributed by atoms with Gasteiger partial charge in [0.2, 0.25) is 5.91 Å². The third kappa shape index (κ3) is 4.98. The minimum absolute atomic E-state index is 0.0385. The topological polar surface area (TPSA) is 101 Å². The van der Waals surface area contributed by atoms with Crippen molar-refractivity contribution in [1.82, 2.24) is 9.38 Å². The monoisotopic (exact) mass is 516 g/mol. The summed E-state index contributed by atoms with van der Waals surface area (Å²) in [6.45, 7) is 6.12. The number of rotatable bonds is 6. The van der Waals surface area contributed by atoms with Crippen molar-refractivity contribution in [3.8, 4) is 21.7 Å². The summed E-state index contributed by atoms with van der Waals surface area (Å²) in [5.41, 5.74) is 10.5. The van der Waals surface area contributed by atoms with Gasteiger partial charge in [0.25, 0.3) is 0 Å². The molecule has 3 heterocycles. The highest BCUT2D eigenvalue weighted by atomic mass is 32.1. The number of carboxylic acids is 1. The van der Waals surface area contributed by atoms with E-state index in [1.807, 2.05) is 73.1 Å². The Morgan fingerprint density at radius 3 is 2.38 bits per heavy atom. The van der Waals surface area contributed by atoms with Gasteiger partial charge in [-0.3, -0.25) is 4.79 Å². The molecule has 0 unspecified atom stereocenters. The molecule has 8 heteroatoms. The highest BCUT2D eigenvalue weighted by molar-refractivity contribution is 7.18. The van der Waals surface area contributed by atoms with Crippen molar-refractivity contribution < 1.29 is 14.7 Å². The maximum atomic E-state index is 13.6. The number of pyridine rings is 1. The summed E-state index contributed by atoms with van der Waals surface area (Å²) in [7, 11) is 0. The summed E-state index contributed by atoms with van der Waals surface area (Å²) >= 11 is 1.21.